The van der Waals surface area contributed by atoms with Crippen LogP contribution in [0.25, 0.3) is 11.3 Å². The SMILES string of the molecule is CN=C/C(=C\N)Nc1ncc(C)c(-c2ccc(C(=O)NCC#N)cc2)n1. The van der Waals surface area contributed by atoms with Crippen LogP contribution in [0.4, 0.5) is 5.95 Å². The number of aromatic nitrogens is 2. The highest BCUT2D eigenvalue weighted by Gasteiger charge is 2.09. The van der Waals surface area contributed by atoms with Gasteiger partial charge >= 0.3 is 0 Å². The number of hydrogen-bond donors (Lipinski definition) is 3. The van der Waals surface area contributed by atoms with Crippen LogP contribution in [0.3, 0.4) is 0 Å². The minimum absolute atomic E-state index is 0.0291. The summed E-state index contributed by atoms with van der Waals surface area (Å²) in [6.07, 6.45) is 4.65. The molecule has 0 saturated heterocycles. The van der Waals surface area contributed by atoms with Crippen LogP contribution in [-0.2, 0) is 0 Å². The van der Waals surface area contributed by atoms with E-state index in [1.54, 1.807) is 43.7 Å². The molecule has 1 aromatic heterocycles. The molecule has 2 aromatic rings. The molecule has 8 heteroatoms. The summed E-state index contributed by atoms with van der Waals surface area (Å²) in [4.78, 5) is 24.5. The molecule has 0 atom stereocenters. The number of carbonyl (C=O) groups is 1. The van der Waals surface area contributed by atoms with Crippen LogP contribution >= 0.6 is 0 Å². The molecule has 0 fully saturated rings. The monoisotopic (exact) mass is 349 g/mol. The Morgan fingerprint density at radius 3 is 2.73 bits per heavy atom. The highest BCUT2D eigenvalue weighted by Crippen LogP contribution is 2.22. The van der Waals surface area contributed by atoms with Crippen LogP contribution in [0.5, 0.6) is 0 Å². The lowest BCUT2D eigenvalue weighted by atomic mass is 10.1. The highest BCUT2D eigenvalue weighted by atomic mass is 16.1. The second-order valence-corrected chi connectivity index (χ2v) is 5.28. The van der Waals surface area contributed by atoms with Gasteiger partial charge in [-0.2, -0.15) is 5.26 Å². The lowest BCUT2D eigenvalue weighted by Crippen LogP contribution is -2.23. The van der Waals surface area contributed by atoms with Crippen molar-refractivity contribution in [2.75, 3.05) is 18.9 Å². The van der Waals surface area contributed by atoms with Crippen LogP contribution in [0.1, 0.15) is 15.9 Å². The normalized spacial score (nSPS) is 11.2. The van der Waals surface area contributed by atoms with Gasteiger partial charge < -0.3 is 16.4 Å². The molecule has 1 amide bonds. The van der Waals surface area contributed by atoms with E-state index in [9.17, 15) is 4.79 Å². The van der Waals surface area contributed by atoms with Gasteiger partial charge in [0.25, 0.3) is 5.91 Å². The van der Waals surface area contributed by atoms with Gasteiger partial charge in [-0.15, -0.1) is 0 Å². The van der Waals surface area contributed by atoms with Gasteiger partial charge in [0, 0.05) is 36.8 Å². The number of amides is 1. The Hall–Kier alpha value is -3.73. The first-order valence-corrected chi connectivity index (χ1v) is 7.79. The fraction of sp³-hybridized carbons (Fsp3) is 0.167. The Morgan fingerprint density at radius 1 is 1.38 bits per heavy atom. The van der Waals surface area contributed by atoms with E-state index in [-0.39, 0.29) is 12.5 Å². The summed E-state index contributed by atoms with van der Waals surface area (Å²) >= 11 is 0. The summed E-state index contributed by atoms with van der Waals surface area (Å²) in [5, 5.41) is 14.0. The Bertz CT molecular complexity index is 879. The third kappa shape index (κ3) is 4.64. The molecule has 2 rings (SSSR count). The molecule has 0 radical (unpaired) electrons. The molecule has 0 bridgehead atoms. The molecule has 0 aliphatic carbocycles. The molecule has 0 aliphatic heterocycles. The Labute approximate surface area is 151 Å². The van der Waals surface area contributed by atoms with Gasteiger partial charge in [0.2, 0.25) is 5.95 Å². The number of anilines is 1. The number of rotatable bonds is 6. The van der Waals surface area contributed by atoms with E-state index < -0.39 is 0 Å². The van der Waals surface area contributed by atoms with Crippen molar-refractivity contribution in [3.8, 4) is 17.3 Å². The van der Waals surface area contributed by atoms with E-state index in [0.717, 1.165) is 16.8 Å². The van der Waals surface area contributed by atoms with Crippen molar-refractivity contribution in [1.29, 1.82) is 5.26 Å². The predicted molar refractivity (Wildman–Crippen MR) is 100 cm³/mol. The minimum atomic E-state index is -0.295. The summed E-state index contributed by atoms with van der Waals surface area (Å²) in [7, 11) is 1.64. The zero-order chi connectivity index (χ0) is 18.9. The molecular formula is C18H19N7O. The summed E-state index contributed by atoms with van der Waals surface area (Å²) in [6, 6.07) is 8.84. The summed E-state index contributed by atoms with van der Waals surface area (Å²) in [6.45, 7) is 1.87. The van der Waals surface area contributed by atoms with Gasteiger partial charge in [0.05, 0.1) is 17.5 Å². The molecular weight excluding hydrogens is 330 g/mol. The molecule has 4 N–H and O–H groups in total. The number of carbonyl (C=O) groups excluding carboxylic acids is 1. The summed E-state index contributed by atoms with van der Waals surface area (Å²) < 4.78 is 0. The third-order valence-corrected chi connectivity index (χ3v) is 3.42. The first-order chi connectivity index (χ1) is 12.6. The quantitative estimate of drug-likeness (QED) is 0.537. The molecule has 1 aromatic carbocycles. The second kappa shape index (κ2) is 8.94. The molecule has 0 aliphatic rings. The fourth-order valence-corrected chi connectivity index (χ4v) is 2.18. The number of nitrogens with one attached hydrogen (secondary N) is 2. The molecule has 0 spiro atoms. The Balaban J connectivity index is 2.26. The molecule has 1 heterocycles. The van der Waals surface area contributed by atoms with Crippen LogP contribution in [0, 0.1) is 18.3 Å². The van der Waals surface area contributed by atoms with Crippen molar-refractivity contribution in [2.24, 2.45) is 10.7 Å². The van der Waals surface area contributed by atoms with Gasteiger partial charge in [0.1, 0.15) is 6.54 Å². The number of nitrogens with two attached hydrogens (primary N) is 1. The Kier molecular flexibility index (Phi) is 6.40. The molecule has 0 saturated carbocycles. The maximum absolute atomic E-state index is 11.9. The number of aliphatic imine (C=N–C) groups is 1. The number of aryl methyl sites for hydroxylation is 1. The van der Waals surface area contributed by atoms with Gasteiger partial charge in [-0.1, -0.05) is 12.1 Å². The predicted octanol–water partition coefficient (Wildman–Crippen LogP) is 1.62. The third-order valence-electron chi connectivity index (χ3n) is 3.42. The number of benzene rings is 1. The zero-order valence-corrected chi connectivity index (χ0v) is 14.5. The van der Waals surface area contributed by atoms with E-state index in [0.29, 0.717) is 17.2 Å². The van der Waals surface area contributed by atoms with Crippen LogP contribution in [0.15, 0.2) is 47.4 Å². The average Bonchev–Trinajstić information content (AvgIpc) is 2.67. The van der Waals surface area contributed by atoms with E-state index in [1.165, 1.54) is 6.20 Å². The summed E-state index contributed by atoms with van der Waals surface area (Å²) in [5.41, 5.74) is 9.05. The van der Waals surface area contributed by atoms with Crippen molar-refractivity contribution >= 4 is 18.1 Å². The molecule has 8 nitrogen and oxygen atoms in total. The van der Waals surface area contributed by atoms with E-state index in [2.05, 4.69) is 25.6 Å². The number of allylic oxidation sites excluding steroid dienone is 1. The first-order valence-electron chi connectivity index (χ1n) is 7.79. The van der Waals surface area contributed by atoms with E-state index >= 15 is 0 Å². The van der Waals surface area contributed by atoms with Crippen molar-refractivity contribution < 1.29 is 4.79 Å². The average molecular weight is 349 g/mol. The first kappa shape index (κ1) is 18.6. The Morgan fingerprint density at radius 2 is 2.12 bits per heavy atom. The minimum Gasteiger partial charge on any atom is -0.403 e. The zero-order valence-electron chi connectivity index (χ0n) is 14.5. The van der Waals surface area contributed by atoms with E-state index in [4.69, 9.17) is 11.0 Å². The number of nitriles is 1. The van der Waals surface area contributed by atoms with Gasteiger partial charge in [0.15, 0.2) is 0 Å². The maximum Gasteiger partial charge on any atom is 0.252 e. The highest BCUT2D eigenvalue weighted by molar-refractivity contribution is 5.94. The van der Waals surface area contributed by atoms with Crippen molar-refractivity contribution in [3.63, 3.8) is 0 Å². The van der Waals surface area contributed by atoms with Crippen molar-refractivity contribution in [1.82, 2.24) is 15.3 Å². The van der Waals surface area contributed by atoms with Gasteiger partial charge in [-0.05, 0) is 24.6 Å². The van der Waals surface area contributed by atoms with Gasteiger partial charge in [-0.3, -0.25) is 9.79 Å². The maximum atomic E-state index is 11.9. The largest absolute Gasteiger partial charge is 0.403 e. The number of hydrogen-bond acceptors (Lipinski definition) is 7. The van der Waals surface area contributed by atoms with Gasteiger partial charge in [-0.25, -0.2) is 9.97 Å². The standard InChI is InChI=1S/C18H19N7O/c1-12-10-23-18(24-15(9-20)11-21-2)25-16(12)13-3-5-14(6-4-13)17(26)22-8-7-19/h3-6,9-11H,8,20H2,1-2H3,(H,22,26)(H,23,24,25)/b15-9+,21-11?. The lowest BCUT2D eigenvalue weighted by molar-refractivity contribution is 0.0958. The van der Waals surface area contributed by atoms with Crippen LogP contribution < -0.4 is 16.4 Å². The number of nitrogens with zero attached hydrogens (tertiary/aromatic N) is 4. The lowest BCUT2D eigenvalue weighted by Gasteiger charge is -2.10. The van der Waals surface area contributed by atoms with Crippen molar-refractivity contribution in [2.45, 2.75) is 6.92 Å². The van der Waals surface area contributed by atoms with Crippen LogP contribution in [0.2, 0.25) is 0 Å². The topological polar surface area (TPSA) is 129 Å². The molecule has 26 heavy (non-hydrogen) atoms. The molecule has 0 unspecified atom stereocenters. The fourth-order valence-electron chi connectivity index (χ4n) is 2.18. The van der Waals surface area contributed by atoms with Crippen molar-refractivity contribution in [3.05, 3.63) is 53.5 Å². The second-order valence-electron chi connectivity index (χ2n) is 5.28. The van der Waals surface area contributed by atoms with E-state index in [1.807, 2.05) is 13.0 Å². The summed E-state index contributed by atoms with van der Waals surface area (Å²) in [5.74, 6) is 0.0921. The van der Waals surface area contributed by atoms with Crippen LogP contribution in [-0.4, -0.2) is 35.7 Å². The smallest absolute Gasteiger partial charge is 0.252 e. The molecule has 132 valence electrons.